The van der Waals surface area contributed by atoms with E-state index < -0.39 is 0 Å². The van der Waals surface area contributed by atoms with Gasteiger partial charge in [0, 0.05) is 29.3 Å². The zero-order valence-corrected chi connectivity index (χ0v) is 21.6. The van der Waals surface area contributed by atoms with Crippen LogP contribution < -0.4 is 5.46 Å². The molecule has 6 nitrogen and oxygen atoms in total. The van der Waals surface area contributed by atoms with Gasteiger partial charge in [0.1, 0.15) is 0 Å². The fraction of sp³-hybridized carbons (Fsp3) is 0.417. The summed E-state index contributed by atoms with van der Waals surface area (Å²) in [5.74, 6) is 0. The van der Waals surface area contributed by atoms with Crippen LogP contribution in [0.2, 0.25) is 0 Å². The van der Waals surface area contributed by atoms with Gasteiger partial charge in [0.2, 0.25) is 0 Å². The Morgan fingerprint density at radius 1 is 0.781 bits per heavy atom. The minimum absolute atomic E-state index is 0.312. The van der Waals surface area contributed by atoms with E-state index >= 15 is 0 Å². The molecular formula is C24H30BBrN4O2. The van der Waals surface area contributed by atoms with Crippen LogP contribution in [0.3, 0.4) is 0 Å². The molecule has 0 amide bonds. The number of hydrogen-bond acceptors (Lipinski definition) is 4. The van der Waals surface area contributed by atoms with Gasteiger partial charge >= 0.3 is 7.12 Å². The molecule has 3 heterocycles. The highest BCUT2D eigenvalue weighted by Gasteiger charge is 2.52. The first-order valence-electron chi connectivity index (χ1n) is 10.8. The number of aryl methyl sites for hydroxylation is 4. The second-order valence-corrected chi connectivity index (χ2v) is 10.4. The predicted octanol–water partition coefficient (Wildman–Crippen LogP) is 4.83. The molecule has 32 heavy (non-hydrogen) atoms. The number of halogens is 1. The second kappa shape index (κ2) is 8.01. The highest BCUT2D eigenvalue weighted by atomic mass is 79.9. The van der Waals surface area contributed by atoms with Gasteiger partial charge in [0.15, 0.2) is 0 Å². The highest BCUT2D eigenvalue weighted by molar-refractivity contribution is 9.10. The number of nitrogens with zero attached hydrogens (tertiary/aromatic N) is 4. The molecule has 168 valence electrons. The van der Waals surface area contributed by atoms with Crippen molar-refractivity contribution in [1.29, 1.82) is 0 Å². The molecule has 0 aliphatic carbocycles. The molecule has 0 spiro atoms. The molecule has 0 bridgehead atoms. The predicted molar refractivity (Wildman–Crippen MR) is 134 cm³/mol. The van der Waals surface area contributed by atoms with Crippen molar-refractivity contribution in [2.45, 2.75) is 52.7 Å². The molecule has 1 saturated heterocycles. The summed E-state index contributed by atoms with van der Waals surface area (Å²) in [5.41, 5.74) is 5.18. The molecule has 0 unspecified atom stereocenters. The fourth-order valence-corrected chi connectivity index (χ4v) is 4.18. The van der Waals surface area contributed by atoms with Crippen molar-refractivity contribution in [2.75, 3.05) is 0 Å². The number of hydrogen-bond donors (Lipinski definition) is 0. The van der Waals surface area contributed by atoms with Crippen LogP contribution in [-0.2, 0) is 23.4 Å². The second-order valence-electron chi connectivity index (χ2n) is 9.55. The van der Waals surface area contributed by atoms with Gasteiger partial charge in [-0.25, -0.2) is 0 Å². The van der Waals surface area contributed by atoms with E-state index in [1.165, 1.54) is 22.0 Å². The maximum Gasteiger partial charge on any atom is 0.495 e. The SMILES string of the molecule is Cc1cc2c(cnn2C)cc1B1OC(C)(C)C(C)(C)O1.Cc1cc2c(cnn2C)cc1Br. The molecule has 0 N–H and O–H groups in total. The Morgan fingerprint density at radius 3 is 1.78 bits per heavy atom. The lowest BCUT2D eigenvalue weighted by Gasteiger charge is -2.32. The molecule has 2 aromatic carbocycles. The van der Waals surface area contributed by atoms with Crippen molar-refractivity contribution in [3.8, 4) is 0 Å². The smallest absolute Gasteiger partial charge is 0.399 e. The fourth-order valence-electron chi connectivity index (χ4n) is 3.82. The average molecular weight is 497 g/mol. The van der Waals surface area contributed by atoms with Crippen molar-refractivity contribution in [3.63, 3.8) is 0 Å². The molecular weight excluding hydrogens is 467 g/mol. The Labute approximate surface area is 198 Å². The summed E-state index contributed by atoms with van der Waals surface area (Å²) in [4.78, 5) is 0. The van der Waals surface area contributed by atoms with Crippen molar-refractivity contribution in [1.82, 2.24) is 19.6 Å². The van der Waals surface area contributed by atoms with Crippen LogP contribution in [0.5, 0.6) is 0 Å². The van der Waals surface area contributed by atoms with Crippen molar-refractivity contribution < 1.29 is 9.31 Å². The Morgan fingerprint density at radius 2 is 1.25 bits per heavy atom. The van der Waals surface area contributed by atoms with Gasteiger partial charge in [-0.2, -0.15) is 10.2 Å². The summed E-state index contributed by atoms with van der Waals surface area (Å²) in [6.07, 6.45) is 3.75. The Bertz CT molecular complexity index is 1290. The number of aromatic nitrogens is 4. The lowest BCUT2D eigenvalue weighted by Crippen LogP contribution is -2.41. The monoisotopic (exact) mass is 496 g/mol. The molecule has 1 aliphatic rings. The summed E-state index contributed by atoms with van der Waals surface area (Å²) < 4.78 is 17.2. The summed E-state index contributed by atoms with van der Waals surface area (Å²) in [7, 11) is 3.59. The summed E-state index contributed by atoms with van der Waals surface area (Å²) >= 11 is 3.49. The van der Waals surface area contributed by atoms with E-state index in [-0.39, 0.29) is 18.3 Å². The first kappa shape index (κ1) is 23.0. The lowest BCUT2D eigenvalue weighted by molar-refractivity contribution is 0.00578. The molecule has 1 aliphatic heterocycles. The molecule has 8 heteroatoms. The maximum absolute atomic E-state index is 6.14. The molecule has 0 radical (unpaired) electrons. The number of fused-ring (bicyclic) bond motifs is 2. The van der Waals surface area contributed by atoms with Gasteiger partial charge in [0.05, 0.1) is 34.6 Å². The zero-order chi connectivity index (χ0) is 23.4. The summed E-state index contributed by atoms with van der Waals surface area (Å²) in [6, 6.07) is 8.49. The Kier molecular flexibility index (Phi) is 5.76. The third kappa shape index (κ3) is 4.00. The van der Waals surface area contributed by atoms with E-state index in [1.54, 1.807) is 0 Å². The van der Waals surface area contributed by atoms with Crippen LogP contribution in [0.15, 0.2) is 41.1 Å². The Balaban J connectivity index is 0.000000174. The van der Waals surface area contributed by atoms with E-state index in [0.717, 1.165) is 20.8 Å². The third-order valence-corrected chi connectivity index (χ3v) is 7.52. The van der Waals surface area contributed by atoms with Gasteiger partial charge < -0.3 is 9.31 Å². The van der Waals surface area contributed by atoms with E-state index in [1.807, 2.05) is 35.9 Å². The molecule has 4 aromatic rings. The average Bonchev–Trinajstić information content (AvgIpc) is 3.30. The van der Waals surface area contributed by atoms with E-state index in [0.29, 0.717) is 0 Å². The van der Waals surface area contributed by atoms with E-state index in [4.69, 9.17) is 9.31 Å². The van der Waals surface area contributed by atoms with Gasteiger partial charge in [-0.05, 0) is 76.3 Å². The summed E-state index contributed by atoms with van der Waals surface area (Å²) in [6.45, 7) is 12.5. The Hall–Kier alpha value is -2.16. The van der Waals surface area contributed by atoms with Crippen LogP contribution in [0.4, 0.5) is 0 Å². The summed E-state index contributed by atoms with van der Waals surface area (Å²) in [5, 5.41) is 10.8. The third-order valence-electron chi connectivity index (χ3n) is 6.67. The molecule has 2 aromatic heterocycles. The topological polar surface area (TPSA) is 54.1 Å². The first-order chi connectivity index (χ1) is 14.9. The molecule has 0 saturated carbocycles. The van der Waals surface area contributed by atoms with Crippen molar-refractivity contribution in [3.05, 3.63) is 52.3 Å². The first-order valence-corrected chi connectivity index (χ1v) is 11.5. The van der Waals surface area contributed by atoms with Crippen LogP contribution in [0, 0.1) is 13.8 Å². The number of benzene rings is 2. The molecule has 0 atom stereocenters. The lowest BCUT2D eigenvalue weighted by atomic mass is 9.76. The van der Waals surface area contributed by atoms with E-state index in [9.17, 15) is 0 Å². The van der Waals surface area contributed by atoms with Gasteiger partial charge in [-0.15, -0.1) is 0 Å². The zero-order valence-electron chi connectivity index (χ0n) is 20.0. The minimum Gasteiger partial charge on any atom is -0.399 e. The van der Waals surface area contributed by atoms with Crippen LogP contribution >= 0.6 is 15.9 Å². The minimum atomic E-state index is -0.315. The van der Waals surface area contributed by atoms with Gasteiger partial charge in [0.25, 0.3) is 0 Å². The van der Waals surface area contributed by atoms with Crippen LogP contribution in [-0.4, -0.2) is 37.9 Å². The highest BCUT2D eigenvalue weighted by Crippen LogP contribution is 2.37. The maximum atomic E-state index is 6.14. The van der Waals surface area contributed by atoms with E-state index in [2.05, 4.69) is 91.9 Å². The molecule has 5 rings (SSSR count). The normalized spacial score (nSPS) is 17.1. The van der Waals surface area contributed by atoms with Gasteiger partial charge in [-0.3, -0.25) is 9.36 Å². The largest absolute Gasteiger partial charge is 0.495 e. The number of rotatable bonds is 1. The molecule has 1 fully saturated rings. The standard InChI is InChI=1S/C15H21BN2O2.C9H9BrN2/c1-10-7-13-11(9-17-18(13)6)8-12(10)16-19-14(2,3)15(4,5)20-16;1-6-3-9-7(4-8(6)10)5-11-12(9)2/h7-9H,1-6H3;3-5H,1-2H3. The van der Waals surface area contributed by atoms with Crippen molar-refractivity contribution in [2.24, 2.45) is 14.1 Å². The van der Waals surface area contributed by atoms with Crippen LogP contribution in [0.25, 0.3) is 21.8 Å². The van der Waals surface area contributed by atoms with Gasteiger partial charge in [-0.1, -0.05) is 22.0 Å². The quantitative estimate of drug-likeness (QED) is 0.354. The van der Waals surface area contributed by atoms with Crippen molar-refractivity contribution >= 4 is 50.3 Å². The van der Waals surface area contributed by atoms with Crippen LogP contribution in [0.1, 0.15) is 38.8 Å².